The van der Waals surface area contributed by atoms with Gasteiger partial charge in [0.2, 0.25) is 0 Å². The lowest BCUT2D eigenvalue weighted by Crippen LogP contribution is -1.95. The van der Waals surface area contributed by atoms with Crippen LogP contribution in [0.5, 0.6) is 11.5 Å². The van der Waals surface area contributed by atoms with E-state index in [2.05, 4.69) is 6.92 Å². The lowest BCUT2D eigenvalue weighted by molar-refractivity contribution is 0.112. The topological polar surface area (TPSA) is 61.5 Å². The molecule has 0 bridgehead atoms. The zero-order valence-corrected chi connectivity index (χ0v) is 13.1. The van der Waals surface area contributed by atoms with E-state index in [9.17, 15) is 4.79 Å². The predicted octanol–water partition coefficient (Wildman–Crippen LogP) is 3.44. The molecular formula is C18H23NO3. The third-order valence-corrected chi connectivity index (χ3v) is 2.86. The smallest absolute Gasteiger partial charge is 0.150 e. The summed E-state index contributed by atoms with van der Waals surface area (Å²) < 4.78 is 10.3. The van der Waals surface area contributed by atoms with Gasteiger partial charge < -0.3 is 15.2 Å². The molecule has 2 aromatic rings. The van der Waals surface area contributed by atoms with E-state index < -0.39 is 0 Å². The second kappa shape index (κ2) is 10.4. The first-order valence-electron chi connectivity index (χ1n) is 7.24. The van der Waals surface area contributed by atoms with Crippen molar-refractivity contribution in [3.63, 3.8) is 0 Å². The fraction of sp³-hybridized carbons (Fsp3) is 0.278. The van der Waals surface area contributed by atoms with Crippen LogP contribution in [0.15, 0.2) is 48.5 Å². The molecule has 0 aliphatic rings. The van der Waals surface area contributed by atoms with Crippen LogP contribution < -0.4 is 15.2 Å². The molecule has 0 radical (unpaired) electrons. The summed E-state index contributed by atoms with van der Waals surface area (Å²) in [4.78, 5) is 10.3. The highest BCUT2D eigenvalue weighted by Crippen LogP contribution is 2.11. The summed E-state index contributed by atoms with van der Waals surface area (Å²) in [5.41, 5.74) is 7.19. The van der Waals surface area contributed by atoms with Crippen LogP contribution in [-0.4, -0.2) is 20.0 Å². The molecule has 0 aliphatic heterocycles. The Morgan fingerprint density at radius 2 is 1.82 bits per heavy atom. The number of hydrogen-bond acceptors (Lipinski definition) is 4. The van der Waals surface area contributed by atoms with Gasteiger partial charge in [0.1, 0.15) is 17.8 Å². The van der Waals surface area contributed by atoms with E-state index in [0.29, 0.717) is 12.1 Å². The van der Waals surface area contributed by atoms with Gasteiger partial charge in [-0.3, -0.25) is 4.79 Å². The minimum Gasteiger partial charge on any atom is -0.497 e. The number of carbonyl (C=O) groups excluding carboxylic acids is 1. The molecule has 0 fully saturated rings. The maximum atomic E-state index is 10.3. The molecule has 0 saturated carbocycles. The van der Waals surface area contributed by atoms with Crippen molar-refractivity contribution in [2.75, 3.05) is 13.7 Å². The van der Waals surface area contributed by atoms with Gasteiger partial charge in [0.25, 0.3) is 0 Å². The van der Waals surface area contributed by atoms with Gasteiger partial charge in [-0.2, -0.15) is 0 Å². The van der Waals surface area contributed by atoms with Crippen LogP contribution in [0, 0.1) is 0 Å². The number of benzene rings is 2. The minimum absolute atomic E-state index is 0.567. The van der Waals surface area contributed by atoms with E-state index in [1.165, 1.54) is 0 Å². The lowest BCUT2D eigenvalue weighted by atomic mass is 10.2. The molecule has 4 nitrogen and oxygen atoms in total. The number of nitrogens with two attached hydrogens (primary N) is 1. The third-order valence-electron chi connectivity index (χ3n) is 2.86. The van der Waals surface area contributed by atoms with Crippen LogP contribution in [0.1, 0.15) is 29.3 Å². The minimum atomic E-state index is 0.567. The summed E-state index contributed by atoms with van der Waals surface area (Å²) in [7, 11) is 1.65. The highest BCUT2D eigenvalue weighted by Gasteiger charge is 1.92. The Balaban J connectivity index is 0.000000224. The predicted molar refractivity (Wildman–Crippen MR) is 88.5 cm³/mol. The zero-order valence-electron chi connectivity index (χ0n) is 13.1. The number of hydrogen-bond donors (Lipinski definition) is 1. The molecule has 0 saturated heterocycles. The van der Waals surface area contributed by atoms with Gasteiger partial charge in [-0.05, 0) is 48.4 Å². The number of ether oxygens (including phenoxy) is 2. The fourth-order valence-corrected chi connectivity index (χ4v) is 1.66. The molecule has 0 amide bonds. The molecule has 0 unspecified atom stereocenters. The largest absolute Gasteiger partial charge is 0.497 e. The van der Waals surface area contributed by atoms with Crippen molar-refractivity contribution in [3.8, 4) is 11.5 Å². The van der Waals surface area contributed by atoms with Gasteiger partial charge in [-0.15, -0.1) is 0 Å². The van der Waals surface area contributed by atoms with Crippen LogP contribution in [-0.2, 0) is 6.54 Å². The Morgan fingerprint density at radius 3 is 2.36 bits per heavy atom. The molecule has 2 aromatic carbocycles. The van der Waals surface area contributed by atoms with Crippen LogP contribution in [0.4, 0.5) is 0 Å². The van der Waals surface area contributed by atoms with Gasteiger partial charge in [0, 0.05) is 12.1 Å². The average molecular weight is 301 g/mol. The third kappa shape index (κ3) is 6.41. The lowest BCUT2D eigenvalue weighted by Gasteiger charge is -2.02. The van der Waals surface area contributed by atoms with E-state index in [1.54, 1.807) is 31.4 Å². The van der Waals surface area contributed by atoms with Crippen molar-refractivity contribution in [2.45, 2.75) is 19.9 Å². The van der Waals surface area contributed by atoms with Gasteiger partial charge in [-0.25, -0.2) is 0 Å². The van der Waals surface area contributed by atoms with Gasteiger partial charge >= 0.3 is 0 Å². The van der Waals surface area contributed by atoms with Crippen molar-refractivity contribution in [2.24, 2.45) is 5.73 Å². The van der Waals surface area contributed by atoms with Crippen LogP contribution in [0.3, 0.4) is 0 Å². The maximum absolute atomic E-state index is 10.3. The normalized spacial score (nSPS) is 9.41. The zero-order chi connectivity index (χ0) is 16.2. The quantitative estimate of drug-likeness (QED) is 0.830. The van der Waals surface area contributed by atoms with Gasteiger partial charge in [0.15, 0.2) is 0 Å². The molecule has 4 heteroatoms. The van der Waals surface area contributed by atoms with E-state index >= 15 is 0 Å². The number of aldehydes is 1. The molecule has 2 N–H and O–H groups in total. The van der Waals surface area contributed by atoms with Crippen molar-refractivity contribution in [1.29, 1.82) is 0 Å². The number of carbonyl (C=O) groups is 1. The molecule has 22 heavy (non-hydrogen) atoms. The Morgan fingerprint density at radius 1 is 1.09 bits per heavy atom. The second-order valence-electron chi connectivity index (χ2n) is 4.59. The van der Waals surface area contributed by atoms with E-state index in [4.69, 9.17) is 15.2 Å². The number of rotatable bonds is 6. The first-order chi connectivity index (χ1) is 10.7. The van der Waals surface area contributed by atoms with Gasteiger partial charge in [-0.1, -0.05) is 19.1 Å². The maximum Gasteiger partial charge on any atom is 0.150 e. The Labute approximate surface area is 131 Å². The molecule has 118 valence electrons. The summed E-state index contributed by atoms with van der Waals surface area (Å²) in [6, 6.07) is 14.8. The first-order valence-corrected chi connectivity index (χ1v) is 7.24. The van der Waals surface area contributed by atoms with Crippen molar-refractivity contribution in [3.05, 3.63) is 59.7 Å². The molecular weight excluding hydrogens is 278 g/mol. The summed E-state index contributed by atoms with van der Waals surface area (Å²) in [5, 5.41) is 0. The van der Waals surface area contributed by atoms with Crippen LogP contribution >= 0.6 is 0 Å². The molecule has 2 rings (SSSR count). The van der Waals surface area contributed by atoms with Gasteiger partial charge in [0.05, 0.1) is 13.7 Å². The van der Waals surface area contributed by atoms with E-state index in [-0.39, 0.29) is 0 Å². The Kier molecular flexibility index (Phi) is 8.38. The SMILES string of the molecule is CCCOc1ccc(C=O)cc1.COc1cccc(CN)c1. The van der Waals surface area contributed by atoms with E-state index in [1.807, 2.05) is 24.3 Å². The molecule has 0 aromatic heterocycles. The summed E-state index contributed by atoms with van der Waals surface area (Å²) in [6.45, 7) is 3.34. The highest BCUT2D eigenvalue weighted by atomic mass is 16.5. The monoisotopic (exact) mass is 301 g/mol. The standard InChI is InChI=1S/C10H12O2.C8H11NO/c1-2-7-12-10-5-3-9(8-11)4-6-10;1-10-8-4-2-3-7(5-8)6-9/h3-6,8H,2,7H2,1H3;2-5H,6,9H2,1H3. The average Bonchev–Trinajstić information content (AvgIpc) is 2.61. The van der Waals surface area contributed by atoms with Crippen LogP contribution in [0.25, 0.3) is 0 Å². The second-order valence-corrected chi connectivity index (χ2v) is 4.59. The molecule has 0 aliphatic carbocycles. The molecule has 0 heterocycles. The fourth-order valence-electron chi connectivity index (χ4n) is 1.66. The summed E-state index contributed by atoms with van der Waals surface area (Å²) in [6.07, 6.45) is 1.82. The van der Waals surface area contributed by atoms with Crippen LogP contribution in [0.2, 0.25) is 0 Å². The van der Waals surface area contributed by atoms with E-state index in [0.717, 1.165) is 36.4 Å². The molecule has 0 spiro atoms. The molecule has 0 atom stereocenters. The Hall–Kier alpha value is -2.33. The van der Waals surface area contributed by atoms with Crippen molar-refractivity contribution in [1.82, 2.24) is 0 Å². The summed E-state index contributed by atoms with van der Waals surface area (Å²) in [5.74, 6) is 1.69. The van der Waals surface area contributed by atoms with Crippen molar-refractivity contribution < 1.29 is 14.3 Å². The Bertz CT molecular complexity index is 533. The first kappa shape index (κ1) is 17.7. The highest BCUT2D eigenvalue weighted by molar-refractivity contribution is 5.74. The van der Waals surface area contributed by atoms with Crippen molar-refractivity contribution >= 4 is 6.29 Å². The number of methoxy groups -OCH3 is 1. The summed E-state index contributed by atoms with van der Waals surface area (Å²) >= 11 is 0.